The molecule has 0 fully saturated rings. The second-order valence-corrected chi connectivity index (χ2v) is 5.50. The molecule has 2 rings (SSSR count). The van der Waals surface area contributed by atoms with E-state index in [2.05, 4.69) is 24.1 Å². The van der Waals surface area contributed by atoms with E-state index in [1.807, 2.05) is 55.6 Å². The van der Waals surface area contributed by atoms with Crippen molar-refractivity contribution in [2.24, 2.45) is 0 Å². The van der Waals surface area contributed by atoms with E-state index in [1.54, 1.807) is 4.90 Å². The van der Waals surface area contributed by atoms with Gasteiger partial charge in [0.25, 0.3) is 0 Å². The van der Waals surface area contributed by atoms with Crippen molar-refractivity contribution in [1.82, 2.24) is 0 Å². The molecule has 0 N–H and O–H groups in total. The van der Waals surface area contributed by atoms with Crippen molar-refractivity contribution in [3.8, 4) is 0 Å². The molecule has 116 valence electrons. The quantitative estimate of drug-likeness (QED) is 0.722. The van der Waals surface area contributed by atoms with Gasteiger partial charge >= 0.3 is 0 Å². The molecule has 0 aliphatic rings. The first kappa shape index (κ1) is 16.1. The highest BCUT2D eigenvalue weighted by molar-refractivity contribution is 5.92. The van der Waals surface area contributed by atoms with Gasteiger partial charge in [0.1, 0.15) is 0 Å². The van der Waals surface area contributed by atoms with Crippen molar-refractivity contribution >= 4 is 17.3 Å². The van der Waals surface area contributed by atoms with E-state index in [0.717, 1.165) is 25.1 Å². The smallest absolute Gasteiger partial charge is 0.226 e. The fraction of sp³-hybridized carbons (Fsp3) is 0.316. The van der Waals surface area contributed by atoms with Crippen LogP contribution in [-0.4, -0.2) is 26.5 Å². The van der Waals surface area contributed by atoms with Crippen LogP contribution in [0, 0.1) is 0 Å². The van der Waals surface area contributed by atoms with E-state index >= 15 is 0 Å². The van der Waals surface area contributed by atoms with Crippen molar-refractivity contribution in [2.45, 2.75) is 19.3 Å². The first-order valence-corrected chi connectivity index (χ1v) is 7.76. The molecule has 1 amide bonds. The highest BCUT2D eigenvalue weighted by Crippen LogP contribution is 2.14. The number of anilines is 2. The van der Waals surface area contributed by atoms with Crippen LogP contribution in [-0.2, 0) is 4.79 Å². The maximum Gasteiger partial charge on any atom is 0.226 e. The molecule has 0 aromatic heterocycles. The van der Waals surface area contributed by atoms with Crippen molar-refractivity contribution in [3.63, 3.8) is 0 Å². The number of para-hydroxylation sites is 2. The van der Waals surface area contributed by atoms with Gasteiger partial charge in [0.05, 0.1) is 0 Å². The zero-order valence-corrected chi connectivity index (χ0v) is 13.4. The third kappa shape index (κ3) is 4.62. The van der Waals surface area contributed by atoms with Crippen molar-refractivity contribution < 1.29 is 4.79 Å². The normalized spacial score (nSPS) is 10.3. The lowest BCUT2D eigenvalue weighted by Crippen LogP contribution is -2.26. The summed E-state index contributed by atoms with van der Waals surface area (Å²) >= 11 is 0. The number of hydrogen-bond acceptors (Lipinski definition) is 2. The van der Waals surface area contributed by atoms with E-state index in [0.29, 0.717) is 6.42 Å². The molecule has 0 aliphatic heterocycles. The Labute approximate surface area is 133 Å². The molecule has 2 aromatic carbocycles. The SMILES string of the molecule is CN(CCCCC(=O)N(C)c1ccccc1)c1ccccc1. The van der Waals surface area contributed by atoms with Crippen molar-refractivity contribution in [1.29, 1.82) is 0 Å². The van der Waals surface area contributed by atoms with Gasteiger partial charge in [-0.2, -0.15) is 0 Å². The Morgan fingerprint density at radius 2 is 1.36 bits per heavy atom. The van der Waals surface area contributed by atoms with Gasteiger partial charge in [-0.3, -0.25) is 4.79 Å². The largest absolute Gasteiger partial charge is 0.375 e. The maximum atomic E-state index is 12.2. The third-order valence-electron chi connectivity index (χ3n) is 3.85. The van der Waals surface area contributed by atoms with Crippen LogP contribution in [0.4, 0.5) is 11.4 Å². The molecule has 0 atom stereocenters. The number of carbonyl (C=O) groups is 1. The summed E-state index contributed by atoms with van der Waals surface area (Å²) in [5.74, 6) is 0.175. The lowest BCUT2D eigenvalue weighted by Gasteiger charge is -2.20. The molecule has 0 heterocycles. The lowest BCUT2D eigenvalue weighted by molar-refractivity contribution is -0.118. The topological polar surface area (TPSA) is 23.6 Å². The van der Waals surface area contributed by atoms with Crippen LogP contribution in [0.3, 0.4) is 0 Å². The lowest BCUT2D eigenvalue weighted by atomic mass is 10.2. The summed E-state index contributed by atoms with van der Waals surface area (Å²) < 4.78 is 0. The molecular formula is C19H24N2O. The van der Waals surface area contributed by atoms with Crippen LogP contribution in [0.1, 0.15) is 19.3 Å². The second kappa shape index (κ2) is 8.23. The summed E-state index contributed by atoms with van der Waals surface area (Å²) in [4.78, 5) is 16.1. The summed E-state index contributed by atoms with van der Waals surface area (Å²) in [6.45, 7) is 0.965. The van der Waals surface area contributed by atoms with Crippen LogP contribution in [0.2, 0.25) is 0 Å². The van der Waals surface area contributed by atoms with Crippen LogP contribution in [0.15, 0.2) is 60.7 Å². The first-order valence-electron chi connectivity index (χ1n) is 7.76. The van der Waals surface area contributed by atoms with Gasteiger partial charge in [-0.25, -0.2) is 0 Å². The molecule has 0 saturated carbocycles. The molecule has 2 aromatic rings. The number of rotatable bonds is 7. The highest BCUT2D eigenvalue weighted by Gasteiger charge is 2.10. The number of benzene rings is 2. The summed E-state index contributed by atoms with van der Waals surface area (Å²) in [7, 11) is 3.93. The van der Waals surface area contributed by atoms with Crippen LogP contribution < -0.4 is 9.80 Å². The van der Waals surface area contributed by atoms with Gasteiger partial charge in [0, 0.05) is 38.4 Å². The Hall–Kier alpha value is -2.29. The van der Waals surface area contributed by atoms with Crippen molar-refractivity contribution in [2.75, 3.05) is 30.4 Å². The molecule has 0 spiro atoms. The van der Waals surface area contributed by atoms with Crippen molar-refractivity contribution in [3.05, 3.63) is 60.7 Å². The maximum absolute atomic E-state index is 12.2. The van der Waals surface area contributed by atoms with Gasteiger partial charge in [0.15, 0.2) is 0 Å². The summed E-state index contributed by atoms with van der Waals surface area (Å²) in [6, 6.07) is 20.1. The minimum absolute atomic E-state index is 0.175. The summed E-state index contributed by atoms with van der Waals surface area (Å²) in [5, 5.41) is 0. The Bertz CT molecular complexity index is 569. The molecule has 3 nitrogen and oxygen atoms in total. The number of carbonyl (C=O) groups excluding carboxylic acids is 1. The molecule has 0 saturated heterocycles. The molecule has 3 heteroatoms. The van der Waals surface area contributed by atoms with E-state index in [4.69, 9.17) is 0 Å². The molecular weight excluding hydrogens is 272 g/mol. The molecule has 0 unspecified atom stereocenters. The second-order valence-electron chi connectivity index (χ2n) is 5.50. The van der Waals surface area contributed by atoms with Gasteiger partial charge in [-0.1, -0.05) is 36.4 Å². The van der Waals surface area contributed by atoms with E-state index < -0.39 is 0 Å². The van der Waals surface area contributed by atoms with Gasteiger partial charge in [0.2, 0.25) is 5.91 Å². The Balaban J connectivity index is 1.71. The predicted molar refractivity (Wildman–Crippen MR) is 93.4 cm³/mol. The van der Waals surface area contributed by atoms with Crippen LogP contribution in [0.5, 0.6) is 0 Å². The fourth-order valence-electron chi connectivity index (χ4n) is 2.40. The minimum atomic E-state index is 0.175. The third-order valence-corrected chi connectivity index (χ3v) is 3.85. The van der Waals surface area contributed by atoms with E-state index in [1.165, 1.54) is 5.69 Å². The number of unbranched alkanes of at least 4 members (excludes halogenated alkanes) is 1. The standard InChI is InChI=1S/C19H24N2O/c1-20(17-11-5-3-6-12-17)16-10-9-15-19(22)21(2)18-13-7-4-8-14-18/h3-8,11-14H,9-10,15-16H2,1-2H3. The average molecular weight is 296 g/mol. The molecule has 0 aliphatic carbocycles. The number of hydrogen-bond donors (Lipinski definition) is 0. The molecule has 0 radical (unpaired) electrons. The minimum Gasteiger partial charge on any atom is -0.375 e. The predicted octanol–water partition coefficient (Wildman–Crippen LogP) is 3.96. The highest BCUT2D eigenvalue weighted by atomic mass is 16.2. The summed E-state index contributed by atoms with van der Waals surface area (Å²) in [5.41, 5.74) is 2.17. The van der Waals surface area contributed by atoms with E-state index in [-0.39, 0.29) is 5.91 Å². The molecule has 22 heavy (non-hydrogen) atoms. The van der Waals surface area contributed by atoms with Gasteiger partial charge in [-0.05, 0) is 37.1 Å². The Morgan fingerprint density at radius 1 is 0.818 bits per heavy atom. The average Bonchev–Trinajstić information content (AvgIpc) is 2.59. The first-order chi connectivity index (χ1) is 10.7. The Morgan fingerprint density at radius 3 is 1.95 bits per heavy atom. The number of amides is 1. The van der Waals surface area contributed by atoms with Gasteiger partial charge in [-0.15, -0.1) is 0 Å². The van der Waals surface area contributed by atoms with Gasteiger partial charge < -0.3 is 9.80 Å². The summed E-state index contributed by atoms with van der Waals surface area (Å²) in [6.07, 6.45) is 2.51. The number of nitrogens with zero attached hydrogens (tertiary/aromatic N) is 2. The fourth-order valence-corrected chi connectivity index (χ4v) is 2.40. The molecule has 0 bridgehead atoms. The Kier molecular flexibility index (Phi) is 6.01. The zero-order valence-electron chi connectivity index (χ0n) is 13.4. The van der Waals surface area contributed by atoms with E-state index in [9.17, 15) is 4.79 Å². The zero-order chi connectivity index (χ0) is 15.8. The van der Waals surface area contributed by atoms with Crippen LogP contribution >= 0.6 is 0 Å². The monoisotopic (exact) mass is 296 g/mol. The van der Waals surface area contributed by atoms with Crippen LogP contribution in [0.25, 0.3) is 0 Å².